The van der Waals surface area contributed by atoms with E-state index in [-0.39, 0.29) is 6.61 Å². The summed E-state index contributed by atoms with van der Waals surface area (Å²) in [6.07, 6.45) is 8.29. The Morgan fingerprint density at radius 1 is 1.17 bits per heavy atom. The fourth-order valence-corrected chi connectivity index (χ4v) is 3.34. The molecule has 0 unspecified atom stereocenters. The van der Waals surface area contributed by atoms with Crippen LogP contribution in [0, 0.1) is 0 Å². The molecule has 23 heavy (non-hydrogen) atoms. The van der Waals surface area contributed by atoms with Crippen molar-refractivity contribution in [3.8, 4) is 11.5 Å². The van der Waals surface area contributed by atoms with Crippen molar-refractivity contribution in [1.82, 2.24) is 9.38 Å². The number of nitrogens with zero attached hydrogens (tertiary/aromatic N) is 2. The predicted molar refractivity (Wildman–Crippen MR) is 89.3 cm³/mol. The first-order valence-corrected chi connectivity index (χ1v) is 8.29. The number of nitrogens with one attached hydrogen (secondary N) is 1. The maximum absolute atomic E-state index is 9.23. The Morgan fingerprint density at radius 3 is 2.83 bits per heavy atom. The summed E-state index contributed by atoms with van der Waals surface area (Å²) in [5.41, 5.74) is 1.70. The van der Waals surface area contributed by atoms with Crippen LogP contribution in [0.4, 0.5) is 5.82 Å². The van der Waals surface area contributed by atoms with Crippen molar-refractivity contribution in [3.05, 3.63) is 42.3 Å². The average molecular weight is 311 g/mol. The lowest BCUT2D eigenvalue weighted by Crippen LogP contribution is -2.23. The Labute approximate surface area is 135 Å². The van der Waals surface area contributed by atoms with Crippen molar-refractivity contribution >= 4 is 11.5 Å². The number of imidazole rings is 1. The van der Waals surface area contributed by atoms with Gasteiger partial charge in [-0.05, 0) is 37.1 Å². The molecule has 0 aromatic carbocycles. The summed E-state index contributed by atoms with van der Waals surface area (Å²) in [6, 6.07) is 10.1. The van der Waals surface area contributed by atoms with Crippen molar-refractivity contribution < 1.29 is 9.52 Å². The van der Waals surface area contributed by atoms with Crippen molar-refractivity contribution in [2.75, 3.05) is 5.32 Å². The molecule has 3 aromatic heterocycles. The minimum atomic E-state index is -0.0985. The molecule has 1 saturated carbocycles. The van der Waals surface area contributed by atoms with Crippen molar-refractivity contribution in [2.45, 2.75) is 44.8 Å². The zero-order chi connectivity index (χ0) is 15.6. The largest absolute Gasteiger partial charge is 0.457 e. The van der Waals surface area contributed by atoms with Gasteiger partial charge in [-0.15, -0.1) is 0 Å². The summed E-state index contributed by atoms with van der Waals surface area (Å²) in [5, 5.41) is 12.9. The minimum Gasteiger partial charge on any atom is -0.457 e. The summed E-state index contributed by atoms with van der Waals surface area (Å²) in [4.78, 5) is 4.72. The zero-order valence-corrected chi connectivity index (χ0v) is 13.0. The number of furan rings is 1. The van der Waals surface area contributed by atoms with Crippen LogP contribution in [-0.2, 0) is 6.61 Å². The molecular formula is C18H21N3O2. The third-order valence-corrected chi connectivity index (χ3v) is 4.53. The quantitative estimate of drug-likeness (QED) is 0.768. The highest BCUT2D eigenvalue weighted by molar-refractivity contribution is 5.73. The molecule has 1 aliphatic carbocycles. The van der Waals surface area contributed by atoms with Gasteiger partial charge in [0, 0.05) is 12.2 Å². The molecule has 120 valence electrons. The number of pyridine rings is 1. The van der Waals surface area contributed by atoms with E-state index >= 15 is 0 Å². The molecular weight excluding hydrogens is 290 g/mol. The molecule has 2 N–H and O–H groups in total. The second-order valence-electron chi connectivity index (χ2n) is 6.14. The molecule has 0 radical (unpaired) electrons. The van der Waals surface area contributed by atoms with Crippen molar-refractivity contribution in [2.24, 2.45) is 0 Å². The standard InChI is InChI=1S/C18H21N3O2/c22-12-14-9-10-15(23-14)17-18(19-13-6-2-1-3-7-13)21-11-5-4-8-16(21)20-17/h4-5,8-11,13,19,22H,1-3,6-7,12H2. The first-order valence-electron chi connectivity index (χ1n) is 8.29. The minimum absolute atomic E-state index is 0.0985. The van der Waals surface area contributed by atoms with Gasteiger partial charge < -0.3 is 14.8 Å². The highest BCUT2D eigenvalue weighted by atomic mass is 16.4. The lowest BCUT2D eigenvalue weighted by Gasteiger charge is -2.23. The number of anilines is 1. The van der Waals surface area contributed by atoms with Gasteiger partial charge in [0.15, 0.2) is 5.76 Å². The van der Waals surface area contributed by atoms with Crippen molar-refractivity contribution in [3.63, 3.8) is 0 Å². The molecule has 5 nitrogen and oxygen atoms in total. The van der Waals surface area contributed by atoms with Crippen LogP contribution in [0.15, 0.2) is 40.9 Å². The summed E-state index contributed by atoms with van der Waals surface area (Å²) >= 11 is 0. The molecule has 3 heterocycles. The lowest BCUT2D eigenvalue weighted by molar-refractivity contribution is 0.248. The number of hydrogen-bond donors (Lipinski definition) is 2. The maximum atomic E-state index is 9.23. The van der Waals surface area contributed by atoms with Gasteiger partial charge in [0.05, 0.1) is 0 Å². The summed E-state index contributed by atoms with van der Waals surface area (Å²) in [7, 11) is 0. The molecule has 0 amide bonds. The molecule has 1 aliphatic rings. The van der Waals surface area contributed by atoms with Crippen LogP contribution in [0.1, 0.15) is 37.9 Å². The van der Waals surface area contributed by atoms with Gasteiger partial charge in [0.25, 0.3) is 0 Å². The smallest absolute Gasteiger partial charge is 0.156 e. The summed E-state index contributed by atoms with van der Waals surface area (Å²) < 4.78 is 7.79. The third-order valence-electron chi connectivity index (χ3n) is 4.53. The lowest BCUT2D eigenvalue weighted by atomic mass is 9.95. The zero-order valence-electron chi connectivity index (χ0n) is 13.0. The normalized spacial score (nSPS) is 16.0. The van der Waals surface area contributed by atoms with Gasteiger partial charge >= 0.3 is 0 Å². The Morgan fingerprint density at radius 2 is 2.04 bits per heavy atom. The molecule has 0 atom stereocenters. The molecule has 0 spiro atoms. The van der Waals surface area contributed by atoms with Gasteiger partial charge in [0.1, 0.15) is 29.5 Å². The van der Waals surface area contributed by atoms with Gasteiger partial charge in [-0.25, -0.2) is 4.98 Å². The number of hydrogen-bond acceptors (Lipinski definition) is 4. The van der Waals surface area contributed by atoms with Crippen LogP contribution in [0.5, 0.6) is 0 Å². The average Bonchev–Trinajstić information content (AvgIpc) is 3.21. The molecule has 0 saturated heterocycles. The first-order chi connectivity index (χ1) is 11.3. The Balaban J connectivity index is 1.77. The highest BCUT2D eigenvalue weighted by Gasteiger charge is 2.21. The van der Waals surface area contributed by atoms with E-state index in [1.165, 1.54) is 32.1 Å². The van der Waals surface area contributed by atoms with Crippen LogP contribution < -0.4 is 5.32 Å². The summed E-state index contributed by atoms with van der Waals surface area (Å²) in [6.45, 7) is -0.0985. The second-order valence-corrected chi connectivity index (χ2v) is 6.14. The van der Waals surface area contributed by atoms with E-state index < -0.39 is 0 Å². The number of fused-ring (bicyclic) bond motifs is 1. The highest BCUT2D eigenvalue weighted by Crippen LogP contribution is 2.32. The molecule has 0 aliphatic heterocycles. The Bertz CT molecular complexity index is 800. The van der Waals surface area contributed by atoms with Gasteiger partial charge in [-0.1, -0.05) is 25.3 Å². The van der Waals surface area contributed by atoms with E-state index in [9.17, 15) is 5.11 Å². The fraction of sp³-hybridized carbons (Fsp3) is 0.389. The van der Waals surface area contributed by atoms with Gasteiger partial charge in [-0.3, -0.25) is 4.40 Å². The number of aliphatic hydroxyl groups excluding tert-OH is 1. The van der Waals surface area contributed by atoms with Crippen LogP contribution in [0.25, 0.3) is 17.1 Å². The van der Waals surface area contributed by atoms with Gasteiger partial charge in [0.2, 0.25) is 0 Å². The fourth-order valence-electron chi connectivity index (χ4n) is 3.34. The maximum Gasteiger partial charge on any atom is 0.156 e. The molecule has 1 fully saturated rings. The monoisotopic (exact) mass is 311 g/mol. The van der Waals surface area contributed by atoms with E-state index in [4.69, 9.17) is 9.40 Å². The van der Waals surface area contributed by atoms with Crippen LogP contribution in [0.2, 0.25) is 0 Å². The number of aliphatic hydroxyl groups is 1. The van der Waals surface area contributed by atoms with Crippen LogP contribution in [-0.4, -0.2) is 20.5 Å². The van der Waals surface area contributed by atoms with Crippen LogP contribution >= 0.6 is 0 Å². The van der Waals surface area contributed by atoms with Crippen LogP contribution in [0.3, 0.4) is 0 Å². The molecule has 4 rings (SSSR count). The third kappa shape index (κ3) is 2.72. The summed E-state index contributed by atoms with van der Waals surface area (Å²) in [5.74, 6) is 2.23. The first kappa shape index (κ1) is 14.3. The van der Waals surface area contributed by atoms with E-state index in [2.05, 4.69) is 9.72 Å². The van der Waals surface area contributed by atoms with E-state index in [0.29, 0.717) is 17.6 Å². The number of aromatic nitrogens is 2. The van der Waals surface area contributed by atoms with E-state index in [1.807, 2.05) is 30.5 Å². The Kier molecular flexibility index (Phi) is 3.79. The molecule has 3 aromatic rings. The van der Waals surface area contributed by atoms with E-state index in [1.54, 1.807) is 6.07 Å². The van der Waals surface area contributed by atoms with E-state index in [0.717, 1.165) is 17.2 Å². The molecule has 0 bridgehead atoms. The van der Waals surface area contributed by atoms with Gasteiger partial charge in [-0.2, -0.15) is 0 Å². The second kappa shape index (κ2) is 6.08. The SMILES string of the molecule is OCc1ccc(-c2nc3ccccn3c2NC2CCCCC2)o1. The number of rotatable bonds is 4. The topological polar surface area (TPSA) is 62.7 Å². The Hall–Kier alpha value is -2.27. The predicted octanol–water partition coefficient (Wildman–Crippen LogP) is 3.83. The van der Waals surface area contributed by atoms with Crippen molar-refractivity contribution in [1.29, 1.82) is 0 Å². The molecule has 5 heteroatoms.